The van der Waals surface area contributed by atoms with E-state index in [4.69, 9.17) is 5.73 Å². The molecule has 0 aliphatic heterocycles. The van der Waals surface area contributed by atoms with Crippen LogP contribution in [0, 0.1) is 0 Å². The summed E-state index contributed by atoms with van der Waals surface area (Å²) in [6.45, 7) is -1.24. The van der Waals surface area contributed by atoms with E-state index in [-0.39, 0.29) is 18.7 Å². The van der Waals surface area contributed by atoms with Gasteiger partial charge in [0.2, 0.25) is 5.91 Å². The summed E-state index contributed by atoms with van der Waals surface area (Å²) in [5.41, 5.74) is 6.65. The molecule has 0 radical (unpaired) electrons. The Morgan fingerprint density at radius 1 is 1.00 bits per heavy atom. The highest BCUT2D eigenvalue weighted by Gasteiger charge is 2.28. The predicted octanol–water partition coefficient (Wildman–Crippen LogP) is 2.52. The Labute approximate surface area is 159 Å². The maximum Gasteiger partial charge on any atom is 0.422 e. The quantitative estimate of drug-likeness (QED) is 0.641. The van der Waals surface area contributed by atoms with Crippen LogP contribution >= 0.6 is 0 Å². The van der Waals surface area contributed by atoms with Gasteiger partial charge >= 0.3 is 12.2 Å². The number of primary amides is 1. The first-order valence-electron chi connectivity index (χ1n) is 8.39. The summed E-state index contributed by atoms with van der Waals surface area (Å²) in [7, 11) is 0. The first-order chi connectivity index (χ1) is 13.2. The van der Waals surface area contributed by atoms with Gasteiger partial charge in [-0.25, -0.2) is 4.79 Å². The first-order valence-corrected chi connectivity index (χ1v) is 8.39. The topological polar surface area (TPSA) is 93.5 Å². The number of alkyl halides is 3. The minimum absolute atomic E-state index is 0.0738. The van der Waals surface area contributed by atoms with E-state index in [0.29, 0.717) is 5.56 Å². The third-order valence-electron chi connectivity index (χ3n) is 3.71. The Kier molecular flexibility index (Phi) is 7.25. The number of nitrogens with one attached hydrogen (secondary N) is 2. The summed E-state index contributed by atoms with van der Waals surface area (Å²) in [6, 6.07) is 13.3. The molecular formula is C19H20F3N3O3. The maximum atomic E-state index is 12.4. The van der Waals surface area contributed by atoms with Gasteiger partial charge in [-0.3, -0.25) is 4.79 Å². The van der Waals surface area contributed by atoms with Crippen molar-refractivity contribution in [2.45, 2.75) is 25.2 Å². The van der Waals surface area contributed by atoms with Gasteiger partial charge in [0.25, 0.3) is 0 Å². The van der Waals surface area contributed by atoms with Gasteiger partial charge in [0.1, 0.15) is 11.8 Å². The van der Waals surface area contributed by atoms with Crippen molar-refractivity contribution < 1.29 is 27.5 Å². The molecule has 1 atom stereocenters. The van der Waals surface area contributed by atoms with E-state index >= 15 is 0 Å². The number of carbonyl (C=O) groups excluding carboxylic acids is 2. The minimum Gasteiger partial charge on any atom is -0.484 e. The number of nitrogens with two attached hydrogens (primary N) is 1. The van der Waals surface area contributed by atoms with E-state index in [0.717, 1.165) is 5.56 Å². The lowest BCUT2D eigenvalue weighted by Gasteiger charge is -2.17. The zero-order chi connectivity index (χ0) is 20.6. The molecule has 28 heavy (non-hydrogen) atoms. The Morgan fingerprint density at radius 2 is 1.64 bits per heavy atom. The normalized spacial score (nSPS) is 12.1. The van der Waals surface area contributed by atoms with Crippen molar-refractivity contribution in [1.29, 1.82) is 0 Å². The van der Waals surface area contributed by atoms with Crippen LogP contribution in [0.4, 0.5) is 18.0 Å². The van der Waals surface area contributed by atoms with Gasteiger partial charge in [-0.15, -0.1) is 0 Å². The predicted molar refractivity (Wildman–Crippen MR) is 96.5 cm³/mol. The average Bonchev–Trinajstić information content (AvgIpc) is 2.64. The summed E-state index contributed by atoms with van der Waals surface area (Å²) >= 11 is 0. The van der Waals surface area contributed by atoms with Crippen LogP contribution in [0.1, 0.15) is 11.1 Å². The van der Waals surface area contributed by atoms with Crippen molar-refractivity contribution in [1.82, 2.24) is 10.6 Å². The van der Waals surface area contributed by atoms with Crippen LogP contribution in [0.3, 0.4) is 0 Å². The first kappa shape index (κ1) is 21.1. The van der Waals surface area contributed by atoms with E-state index in [1.807, 2.05) is 30.3 Å². The smallest absolute Gasteiger partial charge is 0.422 e. The van der Waals surface area contributed by atoms with E-state index in [2.05, 4.69) is 15.4 Å². The molecule has 3 amide bonds. The number of benzene rings is 2. The standard InChI is InChI=1S/C19H20F3N3O3/c20-19(21,22)12-28-15-8-6-14(7-9-15)11-24-17(26)16(25-18(23)27)10-13-4-2-1-3-5-13/h1-9,16H,10-12H2,(H,24,26)(H3,23,25,27). The fourth-order valence-corrected chi connectivity index (χ4v) is 2.41. The van der Waals surface area contributed by atoms with Crippen LogP contribution in [-0.2, 0) is 17.8 Å². The van der Waals surface area contributed by atoms with Crippen molar-refractivity contribution >= 4 is 11.9 Å². The summed E-state index contributed by atoms with van der Waals surface area (Å²) < 4.78 is 41.0. The minimum atomic E-state index is -4.41. The lowest BCUT2D eigenvalue weighted by molar-refractivity contribution is -0.153. The Balaban J connectivity index is 1.91. The molecule has 0 spiro atoms. The highest BCUT2D eigenvalue weighted by molar-refractivity contribution is 5.86. The Hall–Kier alpha value is -3.23. The summed E-state index contributed by atoms with van der Waals surface area (Å²) in [6.07, 6.45) is -4.15. The van der Waals surface area contributed by atoms with E-state index in [1.54, 1.807) is 12.1 Å². The molecule has 6 nitrogen and oxygen atoms in total. The summed E-state index contributed by atoms with van der Waals surface area (Å²) in [4.78, 5) is 23.6. The SMILES string of the molecule is NC(=O)NC(Cc1ccccc1)C(=O)NCc1ccc(OCC(F)(F)F)cc1. The van der Waals surface area contributed by atoms with Crippen LogP contribution in [0.5, 0.6) is 5.75 Å². The third-order valence-corrected chi connectivity index (χ3v) is 3.71. The number of carbonyl (C=O) groups is 2. The molecule has 2 rings (SSSR count). The molecular weight excluding hydrogens is 375 g/mol. The van der Waals surface area contributed by atoms with Crippen molar-refractivity contribution in [2.75, 3.05) is 6.61 Å². The molecule has 0 saturated heterocycles. The molecule has 0 aromatic heterocycles. The van der Waals surface area contributed by atoms with Gasteiger partial charge in [0.15, 0.2) is 6.61 Å². The lowest BCUT2D eigenvalue weighted by atomic mass is 10.1. The Bertz CT molecular complexity index is 781. The fourth-order valence-electron chi connectivity index (χ4n) is 2.41. The van der Waals surface area contributed by atoms with Gasteiger partial charge in [0.05, 0.1) is 0 Å². The monoisotopic (exact) mass is 395 g/mol. The molecule has 0 aliphatic rings. The van der Waals surface area contributed by atoms with Crippen LogP contribution in [0.15, 0.2) is 54.6 Å². The van der Waals surface area contributed by atoms with E-state index in [9.17, 15) is 22.8 Å². The van der Waals surface area contributed by atoms with Gasteiger partial charge in [0, 0.05) is 13.0 Å². The number of ether oxygens (including phenoxy) is 1. The second-order valence-corrected chi connectivity index (χ2v) is 6.02. The number of hydrogen-bond acceptors (Lipinski definition) is 3. The largest absolute Gasteiger partial charge is 0.484 e. The Morgan fingerprint density at radius 3 is 2.21 bits per heavy atom. The van der Waals surface area contributed by atoms with Crippen molar-refractivity contribution in [3.63, 3.8) is 0 Å². The molecule has 2 aromatic rings. The average molecular weight is 395 g/mol. The van der Waals surface area contributed by atoms with Crippen molar-refractivity contribution in [3.8, 4) is 5.75 Å². The summed E-state index contributed by atoms with van der Waals surface area (Å²) in [5.74, 6) is -0.357. The zero-order valence-electron chi connectivity index (χ0n) is 14.8. The second-order valence-electron chi connectivity index (χ2n) is 6.02. The van der Waals surface area contributed by atoms with Crippen molar-refractivity contribution in [2.24, 2.45) is 5.73 Å². The maximum absolute atomic E-state index is 12.4. The number of hydrogen-bond donors (Lipinski definition) is 3. The number of amides is 3. The highest BCUT2D eigenvalue weighted by Crippen LogP contribution is 2.18. The highest BCUT2D eigenvalue weighted by atomic mass is 19.4. The molecule has 4 N–H and O–H groups in total. The lowest BCUT2D eigenvalue weighted by Crippen LogP contribution is -2.49. The second kappa shape index (κ2) is 9.63. The van der Waals surface area contributed by atoms with Crippen molar-refractivity contribution in [3.05, 3.63) is 65.7 Å². The molecule has 0 bridgehead atoms. The number of rotatable bonds is 8. The molecule has 2 aromatic carbocycles. The van der Waals surface area contributed by atoms with Crippen LogP contribution < -0.4 is 21.1 Å². The fraction of sp³-hybridized carbons (Fsp3) is 0.263. The third kappa shape index (κ3) is 7.56. The molecule has 0 aliphatic carbocycles. The molecule has 0 saturated carbocycles. The van der Waals surface area contributed by atoms with E-state index in [1.165, 1.54) is 12.1 Å². The molecule has 9 heteroatoms. The van der Waals surface area contributed by atoms with Crippen LogP contribution in [-0.4, -0.2) is 30.8 Å². The van der Waals surface area contributed by atoms with Gasteiger partial charge in [-0.05, 0) is 23.3 Å². The molecule has 150 valence electrons. The molecule has 0 fully saturated rings. The number of halogens is 3. The van der Waals surface area contributed by atoms with Gasteiger partial charge < -0.3 is 21.1 Å². The molecule has 0 heterocycles. The van der Waals surface area contributed by atoms with Gasteiger partial charge in [-0.1, -0.05) is 42.5 Å². The zero-order valence-corrected chi connectivity index (χ0v) is 14.8. The summed E-state index contributed by atoms with van der Waals surface area (Å²) in [5, 5.41) is 5.07. The number of urea groups is 1. The van der Waals surface area contributed by atoms with Crippen LogP contribution in [0.25, 0.3) is 0 Å². The molecule has 1 unspecified atom stereocenters. The van der Waals surface area contributed by atoms with Crippen LogP contribution in [0.2, 0.25) is 0 Å². The van der Waals surface area contributed by atoms with E-state index < -0.39 is 30.8 Å². The van der Waals surface area contributed by atoms with Gasteiger partial charge in [-0.2, -0.15) is 13.2 Å².